The van der Waals surface area contributed by atoms with Crippen molar-refractivity contribution < 1.29 is 13.9 Å². The van der Waals surface area contributed by atoms with Crippen LogP contribution in [0.5, 0.6) is 5.75 Å². The zero-order valence-corrected chi connectivity index (χ0v) is 16.8. The Morgan fingerprint density at radius 3 is 2.53 bits per heavy atom. The van der Waals surface area contributed by atoms with E-state index in [1.807, 2.05) is 41.0 Å². The molecule has 30 heavy (non-hydrogen) atoms. The molecule has 1 aromatic heterocycles. The Hall–Kier alpha value is -3.38. The lowest BCUT2D eigenvalue weighted by atomic mass is 10.2. The molecule has 0 unspecified atom stereocenters. The van der Waals surface area contributed by atoms with Crippen LogP contribution in [0.3, 0.4) is 0 Å². The van der Waals surface area contributed by atoms with Gasteiger partial charge in [-0.05, 0) is 60.7 Å². The van der Waals surface area contributed by atoms with Gasteiger partial charge in [0.15, 0.2) is 0 Å². The Morgan fingerprint density at radius 2 is 1.77 bits per heavy atom. The van der Waals surface area contributed by atoms with Crippen LogP contribution in [-0.4, -0.2) is 22.1 Å². The van der Waals surface area contributed by atoms with Gasteiger partial charge in [-0.25, -0.2) is 9.37 Å². The van der Waals surface area contributed by atoms with Crippen LogP contribution >= 0.6 is 11.6 Å². The lowest BCUT2D eigenvalue weighted by Gasteiger charge is -2.12. The Morgan fingerprint density at radius 1 is 1.03 bits per heavy atom. The minimum Gasteiger partial charge on any atom is -0.492 e. The van der Waals surface area contributed by atoms with Gasteiger partial charge in [-0.2, -0.15) is 0 Å². The summed E-state index contributed by atoms with van der Waals surface area (Å²) in [6.45, 7) is 1.23. The second kappa shape index (κ2) is 8.97. The molecule has 4 rings (SSSR count). The van der Waals surface area contributed by atoms with E-state index in [1.54, 1.807) is 12.1 Å². The molecule has 0 saturated heterocycles. The molecule has 5 nitrogen and oxygen atoms in total. The topological polar surface area (TPSA) is 56.2 Å². The van der Waals surface area contributed by atoms with Crippen molar-refractivity contribution in [2.75, 3.05) is 6.61 Å². The predicted molar refractivity (Wildman–Crippen MR) is 114 cm³/mol. The normalized spacial score (nSPS) is 10.9. The number of carbonyl (C=O) groups excluding carboxylic acids is 1. The van der Waals surface area contributed by atoms with Gasteiger partial charge < -0.3 is 14.6 Å². The van der Waals surface area contributed by atoms with E-state index >= 15 is 0 Å². The fraction of sp³-hybridized carbons (Fsp3) is 0.130. The van der Waals surface area contributed by atoms with E-state index < -0.39 is 0 Å². The van der Waals surface area contributed by atoms with E-state index in [0.717, 1.165) is 16.8 Å². The molecule has 0 bridgehead atoms. The fourth-order valence-corrected chi connectivity index (χ4v) is 3.28. The van der Waals surface area contributed by atoms with Crippen molar-refractivity contribution in [3.8, 4) is 5.75 Å². The smallest absolute Gasteiger partial charge is 0.251 e. The van der Waals surface area contributed by atoms with Crippen LogP contribution in [0.4, 0.5) is 4.39 Å². The Labute approximate surface area is 178 Å². The molecule has 0 radical (unpaired) electrons. The Kier molecular flexibility index (Phi) is 5.95. The monoisotopic (exact) mass is 423 g/mol. The fourth-order valence-electron chi connectivity index (χ4n) is 3.16. The number of ether oxygens (including phenoxy) is 1. The summed E-state index contributed by atoms with van der Waals surface area (Å²) in [4.78, 5) is 17.0. The number of imidazole rings is 1. The maximum absolute atomic E-state index is 13.1. The summed E-state index contributed by atoms with van der Waals surface area (Å²) in [5.41, 5.74) is 2.20. The number of fused-ring (bicyclic) bond motifs is 1. The van der Waals surface area contributed by atoms with Gasteiger partial charge in [0.1, 0.15) is 24.0 Å². The lowest BCUT2D eigenvalue weighted by molar-refractivity contribution is 0.0949. The average Bonchev–Trinajstić information content (AvgIpc) is 3.11. The summed E-state index contributed by atoms with van der Waals surface area (Å²) in [7, 11) is 0. The zero-order valence-electron chi connectivity index (χ0n) is 16.0. The molecule has 4 aromatic rings. The molecule has 3 aromatic carbocycles. The second-order valence-corrected chi connectivity index (χ2v) is 7.10. The Balaban J connectivity index is 1.47. The highest BCUT2D eigenvalue weighted by Crippen LogP contribution is 2.18. The van der Waals surface area contributed by atoms with Crippen LogP contribution in [0.1, 0.15) is 16.2 Å². The number of aromatic nitrogens is 2. The highest BCUT2D eigenvalue weighted by Gasteiger charge is 2.13. The van der Waals surface area contributed by atoms with Gasteiger partial charge in [0, 0.05) is 10.6 Å². The first kappa shape index (κ1) is 19.9. The third-order valence-electron chi connectivity index (χ3n) is 4.64. The SMILES string of the molecule is O=C(NCc1nc2ccccc2n1CCOc1ccc(Cl)cc1)c1ccc(F)cc1. The van der Waals surface area contributed by atoms with Crippen LogP contribution in [0, 0.1) is 5.82 Å². The molecule has 0 aliphatic heterocycles. The standard InChI is InChI=1S/C23H19ClFN3O2/c24-17-7-11-19(12-8-17)30-14-13-28-21-4-2-1-3-20(21)27-22(28)15-26-23(29)16-5-9-18(25)10-6-16/h1-12H,13-15H2,(H,26,29). The van der Waals surface area contributed by atoms with Crippen LogP contribution in [-0.2, 0) is 13.1 Å². The molecule has 1 heterocycles. The number of rotatable bonds is 7. The number of para-hydroxylation sites is 2. The van der Waals surface area contributed by atoms with Crippen LogP contribution in [0.25, 0.3) is 11.0 Å². The number of nitrogens with zero attached hydrogens (tertiary/aromatic N) is 2. The summed E-state index contributed by atoms with van der Waals surface area (Å²) in [6.07, 6.45) is 0. The molecular weight excluding hydrogens is 405 g/mol. The third kappa shape index (κ3) is 4.60. The minimum atomic E-state index is -0.381. The molecule has 0 aliphatic rings. The summed E-state index contributed by atoms with van der Waals surface area (Å²) in [6, 6.07) is 20.4. The molecule has 0 atom stereocenters. The third-order valence-corrected chi connectivity index (χ3v) is 4.90. The van der Waals surface area contributed by atoms with Crippen molar-refractivity contribution in [1.29, 1.82) is 0 Å². The minimum absolute atomic E-state index is 0.242. The summed E-state index contributed by atoms with van der Waals surface area (Å²) < 4.78 is 20.9. The number of nitrogens with one attached hydrogen (secondary N) is 1. The maximum Gasteiger partial charge on any atom is 0.251 e. The first-order valence-corrected chi connectivity index (χ1v) is 9.84. The molecule has 0 spiro atoms. The second-order valence-electron chi connectivity index (χ2n) is 6.66. The van der Waals surface area contributed by atoms with Crippen molar-refractivity contribution in [3.63, 3.8) is 0 Å². The van der Waals surface area contributed by atoms with Gasteiger partial charge in [-0.1, -0.05) is 23.7 Å². The largest absolute Gasteiger partial charge is 0.492 e. The van der Waals surface area contributed by atoms with Crippen molar-refractivity contribution in [1.82, 2.24) is 14.9 Å². The molecule has 0 aliphatic carbocycles. The van der Waals surface area contributed by atoms with Gasteiger partial charge in [0.2, 0.25) is 0 Å². The molecular formula is C23H19ClFN3O2. The molecule has 1 amide bonds. The van der Waals surface area contributed by atoms with Crippen molar-refractivity contribution in [2.24, 2.45) is 0 Å². The van der Waals surface area contributed by atoms with Gasteiger partial charge in [-0.3, -0.25) is 4.79 Å². The molecule has 0 fully saturated rings. The van der Waals surface area contributed by atoms with E-state index in [4.69, 9.17) is 16.3 Å². The van der Waals surface area contributed by atoms with Crippen molar-refractivity contribution in [3.05, 3.63) is 95.0 Å². The number of hydrogen-bond donors (Lipinski definition) is 1. The lowest BCUT2D eigenvalue weighted by Crippen LogP contribution is -2.25. The average molecular weight is 424 g/mol. The first-order valence-electron chi connectivity index (χ1n) is 9.46. The van der Waals surface area contributed by atoms with Gasteiger partial charge >= 0.3 is 0 Å². The molecule has 7 heteroatoms. The highest BCUT2D eigenvalue weighted by molar-refractivity contribution is 6.30. The molecule has 1 N–H and O–H groups in total. The van der Waals surface area contributed by atoms with E-state index in [2.05, 4.69) is 10.3 Å². The number of carbonyl (C=O) groups is 1. The quantitative estimate of drug-likeness (QED) is 0.463. The maximum atomic E-state index is 13.1. The highest BCUT2D eigenvalue weighted by atomic mass is 35.5. The molecule has 0 saturated carbocycles. The first-order chi connectivity index (χ1) is 14.6. The number of halogens is 2. The van der Waals surface area contributed by atoms with Crippen LogP contribution in [0.15, 0.2) is 72.8 Å². The summed E-state index contributed by atoms with van der Waals surface area (Å²) in [5.74, 6) is 0.779. The molecule has 152 valence electrons. The number of benzene rings is 3. The van der Waals surface area contributed by atoms with Crippen molar-refractivity contribution in [2.45, 2.75) is 13.1 Å². The van der Waals surface area contributed by atoms with E-state index in [1.165, 1.54) is 24.3 Å². The zero-order chi connectivity index (χ0) is 20.9. The van der Waals surface area contributed by atoms with E-state index in [-0.39, 0.29) is 18.3 Å². The predicted octanol–water partition coefficient (Wildman–Crippen LogP) is 4.84. The van der Waals surface area contributed by atoms with E-state index in [0.29, 0.717) is 29.6 Å². The van der Waals surface area contributed by atoms with Crippen molar-refractivity contribution >= 4 is 28.5 Å². The number of hydrogen-bond acceptors (Lipinski definition) is 3. The van der Waals surface area contributed by atoms with Gasteiger partial charge in [0.05, 0.1) is 24.1 Å². The van der Waals surface area contributed by atoms with E-state index in [9.17, 15) is 9.18 Å². The van der Waals surface area contributed by atoms with Crippen LogP contribution < -0.4 is 10.1 Å². The summed E-state index contributed by atoms with van der Waals surface area (Å²) in [5, 5.41) is 3.50. The number of amides is 1. The van der Waals surface area contributed by atoms with Crippen LogP contribution in [0.2, 0.25) is 5.02 Å². The Bertz CT molecular complexity index is 1160. The van der Waals surface area contributed by atoms with Gasteiger partial charge in [-0.15, -0.1) is 0 Å². The summed E-state index contributed by atoms with van der Waals surface area (Å²) >= 11 is 5.90. The van der Waals surface area contributed by atoms with Gasteiger partial charge in [0.25, 0.3) is 5.91 Å².